The van der Waals surface area contributed by atoms with Crippen LogP contribution in [0, 0.1) is 6.92 Å². The van der Waals surface area contributed by atoms with Gasteiger partial charge in [-0.1, -0.05) is 17.7 Å². The molecule has 1 rings (SSSR count). The fourth-order valence-electron chi connectivity index (χ4n) is 1.05. The first-order valence-electron chi connectivity index (χ1n) is 5.76. The topological polar surface area (TPSA) is 90.9 Å². The molecule has 0 atom stereocenters. The van der Waals surface area contributed by atoms with E-state index < -0.39 is 21.7 Å². The van der Waals surface area contributed by atoms with E-state index in [1.807, 2.05) is 6.92 Å². The van der Waals surface area contributed by atoms with Crippen molar-refractivity contribution in [2.45, 2.75) is 38.2 Å². The summed E-state index contributed by atoms with van der Waals surface area (Å²) < 4.78 is 25.3. The molecular formula is C12H17NO6S. The number of carbonyl (C=O) groups excluding carboxylic acids is 1. The van der Waals surface area contributed by atoms with Crippen molar-refractivity contribution >= 4 is 16.1 Å². The fourth-order valence-corrected chi connectivity index (χ4v) is 1.92. The second kappa shape index (κ2) is 6.21. The van der Waals surface area contributed by atoms with Gasteiger partial charge in [-0.05, 0) is 44.9 Å². The van der Waals surface area contributed by atoms with Crippen molar-refractivity contribution in [2.24, 2.45) is 0 Å². The van der Waals surface area contributed by atoms with Crippen LogP contribution in [-0.2, 0) is 24.8 Å². The van der Waals surface area contributed by atoms with Crippen LogP contribution in [0.15, 0.2) is 29.2 Å². The van der Waals surface area contributed by atoms with E-state index in [9.17, 15) is 13.2 Å². The van der Waals surface area contributed by atoms with E-state index in [-0.39, 0.29) is 4.90 Å². The predicted molar refractivity (Wildman–Crippen MR) is 69.9 cm³/mol. The summed E-state index contributed by atoms with van der Waals surface area (Å²) in [4.78, 5) is 20.0. The highest BCUT2D eigenvalue weighted by Gasteiger charge is 2.20. The van der Waals surface area contributed by atoms with Crippen molar-refractivity contribution in [3.8, 4) is 0 Å². The number of rotatable bonds is 4. The van der Waals surface area contributed by atoms with Crippen LogP contribution in [0.4, 0.5) is 4.79 Å². The molecule has 20 heavy (non-hydrogen) atoms. The van der Waals surface area contributed by atoms with E-state index >= 15 is 0 Å². The van der Waals surface area contributed by atoms with Gasteiger partial charge < -0.3 is 0 Å². The lowest BCUT2D eigenvalue weighted by molar-refractivity contribution is -0.510. The number of hydrogen-bond donors (Lipinski definition) is 1. The number of nitrogens with one attached hydrogen (secondary N) is 1. The summed E-state index contributed by atoms with van der Waals surface area (Å²) in [6.45, 7) is 6.81. The van der Waals surface area contributed by atoms with Crippen LogP contribution in [0.25, 0.3) is 0 Å². The van der Waals surface area contributed by atoms with Crippen LogP contribution in [0.2, 0.25) is 0 Å². The standard InChI is InChI=1S/C12H17NO6S/c1-9-5-7-10(8-6-9)20(15,16)13-11(14)17-19-18-12(2,3)4/h5-8H,1-4H3,(H,13,14). The lowest BCUT2D eigenvalue weighted by atomic mass is 10.2. The summed E-state index contributed by atoms with van der Waals surface area (Å²) in [6, 6.07) is 5.97. The van der Waals surface area contributed by atoms with Crippen molar-refractivity contribution in [2.75, 3.05) is 0 Å². The van der Waals surface area contributed by atoms with E-state index in [1.165, 1.54) is 12.1 Å². The van der Waals surface area contributed by atoms with Gasteiger partial charge in [-0.3, -0.25) is 0 Å². The SMILES string of the molecule is Cc1ccc(S(=O)(=O)NC(=O)OOOC(C)(C)C)cc1. The number of sulfonamides is 1. The molecule has 1 N–H and O–H groups in total. The highest BCUT2D eigenvalue weighted by molar-refractivity contribution is 7.90. The Balaban J connectivity index is 2.58. The van der Waals surface area contributed by atoms with Crippen LogP contribution < -0.4 is 4.72 Å². The second-order valence-corrected chi connectivity index (χ2v) is 6.74. The summed E-state index contributed by atoms with van der Waals surface area (Å²) in [7, 11) is -4.00. The van der Waals surface area contributed by atoms with Crippen LogP contribution in [0.1, 0.15) is 26.3 Å². The lowest BCUT2D eigenvalue weighted by Crippen LogP contribution is -2.32. The molecule has 0 aliphatic rings. The third kappa shape index (κ3) is 5.55. The third-order valence-corrected chi connectivity index (χ3v) is 3.27. The molecule has 0 saturated heterocycles. The molecule has 1 aromatic carbocycles. The fraction of sp³-hybridized carbons (Fsp3) is 0.417. The van der Waals surface area contributed by atoms with Gasteiger partial charge in [-0.25, -0.2) is 22.8 Å². The minimum atomic E-state index is -4.00. The predicted octanol–water partition coefficient (Wildman–Crippen LogP) is 2.07. The Bertz CT molecular complexity index is 559. The molecule has 0 unspecified atom stereocenters. The molecule has 0 aliphatic heterocycles. The monoisotopic (exact) mass is 303 g/mol. The lowest BCUT2D eigenvalue weighted by Gasteiger charge is -2.15. The van der Waals surface area contributed by atoms with Crippen molar-refractivity contribution < 1.29 is 28.0 Å². The van der Waals surface area contributed by atoms with Crippen LogP contribution in [0.5, 0.6) is 0 Å². The minimum Gasteiger partial charge on any atom is -0.245 e. The second-order valence-electron chi connectivity index (χ2n) is 5.05. The van der Waals surface area contributed by atoms with Gasteiger partial charge in [0.1, 0.15) is 0 Å². The van der Waals surface area contributed by atoms with Gasteiger partial charge in [0.05, 0.1) is 10.5 Å². The van der Waals surface area contributed by atoms with Gasteiger partial charge in [0.25, 0.3) is 10.0 Å². The minimum absolute atomic E-state index is 0.0585. The Morgan fingerprint density at radius 2 is 1.70 bits per heavy atom. The molecule has 0 aliphatic carbocycles. The maximum Gasteiger partial charge on any atom is 0.455 e. The summed E-state index contributed by atoms with van der Waals surface area (Å²) in [6.07, 6.45) is -1.30. The number of carbonyl (C=O) groups is 1. The van der Waals surface area contributed by atoms with Gasteiger partial charge >= 0.3 is 6.09 Å². The van der Waals surface area contributed by atoms with E-state index in [4.69, 9.17) is 0 Å². The number of benzene rings is 1. The molecule has 112 valence electrons. The van der Waals surface area contributed by atoms with Gasteiger partial charge in [-0.15, -0.1) is 0 Å². The number of aryl methyl sites for hydroxylation is 1. The van der Waals surface area contributed by atoms with Gasteiger partial charge in [0, 0.05) is 0 Å². The zero-order valence-corrected chi connectivity index (χ0v) is 12.5. The van der Waals surface area contributed by atoms with Crippen molar-refractivity contribution in [3.05, 3.63) is 29.8 Å². The summed E-state index contributed by atoms with van der Waals surface area (Å²) in [5.74, 6) is 0. The van der Waals surface area contributed by atoms with Crippen LogP contribution in [0.3, 0.4) is 0 Å². The molecule has 7 nitrogen and oxygen atoms in total. The molecule has 8 heteroatoms. The zero-order chi connectivity index (χ0) is 15.4. The average Bonchev–Trinajstić information content (AvgIpc) is 2.26. The van der Waals surface area contributed by atoms with E-state index in [0.717, 1.165) is 5.56 Å². The van der Waals surface area contributed by atoms with Gasteiger partial charge in [0.15, 0.2) is 0 Å². The van der Waals surface area contributed by atoms with Gasteiger partial charge in [-0.2, -0.15) is 4.89 Å². The van der Waals surface area contributed by atoms with Crippen LogP contribution in [-0.4, -0.2) is 20.1 Å². The van der Waals surface area contributed by atoms with Crippen LogP contribution >= 0.6 is 0 Å². The smallest absolute Gasteiger partial charge is 0.245 e. The van der Waals surface area contributed by atoms with E-state index in [1.54, 1.807) is 37.6 Å². The molecule has 0 fully saturated rings. The largest absolute Gasteiger partial charge is 0.455 e. The molecule has 0 aromatic heterocycles. The van der Waals surface area contributed by atoms with Gasteiger partial charge in [0.2, 0.25) is 0 Å². The first-order chi connectivity index (χ1) is 9.10. The Labute approximate surface area is 117 Å². The average molecular weight is 303 g/mol. The maximum absolute atomic E-state index is 11.8. The van der Waals surface area contributed by atoms with Crippen molar-refractivity contribution in [3.63, 3.8) is 0 Å². The third-order valence-electron chi connectivity index (χ3n) is 1.94. The number of amides is 1. The zero-order valence-electron chi connectivity index (χ0n) is 11.7. The molecule has 0 saturated carbocycles. The van der Waals surface area contributed by atoms with E-state index in [0.29, 0.717) is 0 Å². The maximum atomic E-state index is 11.8. The molecule has 1 aromatic rings. The molecular weight excluding hydrogens is 286 g/mol. The Kier molecular flexibility index (Phi) is 5.09. The van der Waals surface area contributed by atoms with Crippen molar-refractivity contribution in [1.29, 1.82) is 0 Å². The normalized spacial score (nSPS) is 12.0. The Morgan fingerprint density at radius 1 is 1.15 bits per heavy atom. The summed E-state index contributed by atoms with van der Waals surface area (Å²) in [5.41, 5.74) is 0.198. The van der Waals surface area contributed by atoms with E-state index in [2.05, 4.69) is 14.8 Å². The summed E-state index contributed by atoms with van der Waals surface area (Å²) in [5, 5.41) is 4.18. The summed E-state index contributed by atoms with van der Waals surface area (Å²) >= 11 is 0. The molecule has 0 spiro atoms. The molecule has 0 radical (unpaired) electrons. The number of hydrogen-bond acceptors (Lipinski definition) is 6. The molecule has 0 heterocycles. The Morgan fingerprint density at radius 3 is 2.20 bits per heavy atom. The highest BCUT2D eigenvalue weighted by Crippen LogP contribution is 2.10. The highest BCUT2D eigenvalue weighted by atomic mass is 32.2. The molecule has 1 amide bonds. The molecule has 0 bridgehead atoms. The first kappa shape index (κ1) is 16.4. The first-order valence-corrected chi connectivity index (χ1v) is 7.24. The Hall–Kier alpha value is -1.64. The quantitative estimate of drug-likeness (QED) is 0.676. The van der Waals surface area contributed by atoms with Crippen molar-refractivity contribution in [1.82, 2.24) is 4.72 Å².